The van der Waals surface area contributed by atoms with Crippen molar-refractivity contribution in [2.45, 2.75) is 43.4 Å². The Kier molecular flexibility index (Phi) is 7.63. The van der Waals surface area contributed by atoms with Crippen LogP contribution in [0, 0.1) is 0 Å². The second kappa shape index (κ2) is 13.4. The molecule has 0 aliphatic heterocycles. The van der Waals surface area contributed by atoms with E-state index in [1.54, 1.807) is 0 Å². The van der Waals surface area contributed by atoms with Crippen LogP contribution in [-0.2, 0) is 5.41 Å². The summed E-state index contributed by atoms with van der Waals surface area (Å²) in [7, 11) is 0. The van der Waals surface area contributed by atoms with Crippen molar-refractivity contribution in [2.75, 3.05) is 4.90 Å². The first-order valence-electron chi connectivity index (χ1n) is 22.0. The van der Waals surface area contributed by atoms with Gasteiger partial charge in [-0.1, -0.05) is 171 Å². The highest BCUT2D eigenvalue weighted by Gasteiger charge is 2.50. The van der Waals surface area contributed by atoms with Crippen LogP contribution >= 0.6 is 0 Å². The first-order valence-corrected chi connectivity index (χ1v) is 22.0. The van der Waals surface area contributed by atoms with Gasteiger partial charge in [-0.25, -0.2) is 0 Å². The zero-order chi connectivity index (χ0) is 40.1. The maximum Gasteiger partial charge on any atom is 0.137 e. The van der Waals surface area contributed by atoms with Gasteiger partial charge in [0.1, 0.15) is 11.2 Å². The monoisotopic (exact) mass is 781 g/mol. The summed E-state index contributed by atoms with van der Waals surface area (Å²) in [5, 5.41) is 4.92. The summed E-state index contributed by atoms with van der Waals surface area (Å²) in [6.07, 6.45) is 6.55. The molecule has 2 nitrogen and oxygen atoms in total. The highest BCUT2D eigenvalue weighted by Crippen LogP contribution is 2.63. The van der Waals surface area contributed by atoms with Gasteiger partial charge < -0.3 is 9.32 Å². The molecule has 290 valence electrons. The third kappa shape index (κ3) is 5.03. The highest BCUT2D eigenvalue weighted by molar-refractivity contribution is 6.08. The van der Waals surface area contributed by atoms with Crippen molar-refractivity contribution in [2.24, 2.45) is 0 Å². The Balaban J connectivity index is 1.10. The van der Waals surface area contributed by atoms with Gasteiger partial charge in [0, 0.05) is 33.8 Å². The molecule has 13 rings (SSSR count). The number of furan rings is 1. The summed E-state index contributed by atoms with van der Waals surface area (Å²) in [6, 6.07) is 72.7. The van der Waals surface area contributed by atoms with Gasteiger partial charge in [-0.3, -0.25) is 0 Å². The molecule has 0 N–H and O–H groups in total. The molecule has 9 aromatic carbocycles. The van der Waals surface area contributed by atoms with Crippen LogP contribution in [-0.4, -0.2) is 0 Å². The summed E-state index contributed by atoms with van der Waals surface area (Å²) in [6.45, 7) is 0. The average Bonchev–Trinajstić information content (AvgIpc) is 3.84. The largest absolute Gasteiger partial charge is 0.456 e. The lowest BCUT2D eigenvalue weighted by Crippen LogP contribution is -2.32. The maximum absolute atomic E-state index is 6.57. The molecule has 0 amide bonds. The summed E-state index contributed by atoms with van der Waals surface area (Å²) >= 11 is 0. The molecule has 1 unspecified atom stereocenters. The van der Waals surface area contributed by atoms with Gasteiger partial charge >= 0.3 is 0 Å². The minimum atomic E-state index is -0.524. The predicted molar refractivity (Wildman–Crippen MR) is 253 cm³/mol. The van der Waals surface area contributed by atoms with E-state index in [1.165, 1.54) is 104 Å². The Morgan fingerprint density at radius 2 is 1.10 bits per heavy atom. The molecule has 1 heterocycles. The van der Waals surface area contributed by atoms with Gasteiger partial charge in [0.25, 0.3) is 0 Å². The number of benzene rings is 9. The lowest BCUT2D eigenvalue weighted by molar-refractivity contribution is 0.443. The number of rotatable bonds is 5. The molecule has 10 aromatic rings. The minimum Gasteiger partial charge on any atom is -0.456 e. The minimum absolute atomic E-state index is 0.524. The van der Waals surface area contributed by atoms with E-state index in [1.807, 2.05) is 6.07 Å². The number of anilines is 3. The van der Waals surface area contributed by atoms with Crippen LogP contribution in [0.1, 0.15) is 65.8 Å². The maximum atomic E-state index is 6.57. The van der Waals surface area contributed by atoms with Crippen LogP contribution in [0.25, 0.3) is 66.1 Å². The molecule has 1 saturated carbocycles. The van der Waals surface area contributed by atoms with E-state index in [2.05, 4.69) is 193 Å². The average molecular weight is 782 g/mol. The van der Waals surface area contributed by atoms with Gasteiger partial charge in [0.05, 0.1) is 11.1 Å². The molecule has 0 bridgehead atoms. The fourth-order valence-electron chi connectivity index (χ4n) is 11.6. The fourth-order valence-corrected chi connectivity index (χ4v) is 11.6. The Bertz CT molecular complexity index is 3360. The first kappa shape index (κ1) is 34.7. The van der Waals surface area contributed by atoms with Crippen LogP contribution in [0.5, 0.6) is 0 Å². The van der Waals surface area contributed by atoms with Crippen LogP contribution in [0.2, 0.25) is 0 Å². The molecule has 0 saturated heterocycles. The molecule has 2 heteroatoms. The van der Waals surface area contributed by atoms with Crippen molar-refractivity contribution in [3.05, 3.63) is 222 Å². The van der Waals surface area contributed by atoms with E-state index < -0.39 is 5.41 Å². The van der Waals surface area contributed by atoms with E-state index in [0.29, 0.717) is 5.92 Å². The zero-order valence-corrected chi connectivity index (χ0v) is 33.9. The standard InChI is InChI=1S/C59H43NO/c1-3-15-38(16-4-1)41-29-34-52-50(35-41)49-24-13-19-40-20-14-26-53(58(40)49)59(52)51-25-10-7-22-45(51)46-32-30-42(36-54(46)59)60(55-27-11-8-21-44(55)39-17-5-2-6-18-39)43-31-33-48-47-23-9-12-28-56(47)61-57(48)37-43/h2,5-14,17-38H,1,3-4,15-16H2. The van der Waals surface area contributed by atoms with E-state index in [4.69, 9.17) is 4.42 Å². The number of hydrogen-bond acceptors (Lipinski definition) is 2. The Morgan fingerprint density at radius 3 is 2.00 bits per heavy atom. The van der Waals surface area contributed by atoms with E-state index in [-0.39, 0.29) is 0 Å². The first-order chi connectivity index (χ1) is 30.3. The molecule has 1 aromatic heterocycles. The molecule has 0 radical (unpaired) electrons. The Hall–Kier alpha value is -7.16. The third-order valence-electron chi connectivity index (χ3n) is 14.3. The SMILES string of the molecule is c1ccc(-c2ccccc2N(c2ccc3c(c2)C2(c4ccccc4-3)c3ccc(C4CCCCC4)cc3-c3cccc4cccc2c34)c2ccc3c(c2)oc2ccccc23)cc1. The van der Waals surface area contributed by atoms with Crippen LogP contribution in [0.4, 0.5) is 17.1 Å². The molecule has 1 fully saturated rings. The summed E-state index contributed by atoms with van der Waals surface area (Å²) in [4.78, 5) is 2.45. The predicted octanol–water partition coefficient (Wildman–Crippen LogP) is 16.3. The normalized spacial score (nSPS) is 16.5. The van der Waals surface area contributed by atoms with Gasteiger partial charge in [0.2, 0.25) is 0 Å². The van der Waals surface area contributed by atoms with Crippen molar-refractivity contribution in [1.82, 2.24) is 0 Å². The van der Waals surface area contributed by atoms with Gasteiger partial charge in [-0.2, -0.15) is 0 Å². The molecule has 61 heavy (non-hydrogen) atoms. The van der Waals surface area contributed by atoms with E-state index >= 15 is 0 Å². The smallest absolute Gasteiger partial charge is 0.137 e. The van der Waals surface area contributed by atoms with Gasteiger partial charge in [0.15, 0.2) is 0 Å². The summed E-state index contributed by atoms with van der Waals surface area (Å²) < 4.78 is 6.57. The molecular weight excluding hydrogens is 739 g/mol. The van der Waals surface area contributed by atoms with E-state index in [0.717, 1.165) is 39.0 Å². The van der Waals surface area contributed by atoms with Crippen LogP contribution in [0.15, 0.2) is 199 Å². The number of hydrogen-bond donors (Lipinski definition) is 0. The summed E-state index contributed by atoms with van der Waals surface area (Å²) in [5.41, 5.74) is 19.1. The summed E-state index contributed by atoms with van der Waals surface area (Å²) in [5.74, 6) is 0.614. The molecular formula is C59H43NO. The van der Waals surface area contributed by atoms with E-state index in [9.17, 15) is 0 Å². The number of nitrogens with zero attached hydrogens (tertiary/aromatic N) is 1. The molecule has 1 atom stereocenters. The van der Waals surface area contributed by atoms with Crippen LogP contribution in [0.3, 0.4) is 0 Å². The van der Waals surface area contributed by atoms with Crippen molar-refractivity contribution in [3.63, 3.8) is 0 Å². The van der Waals surface area contributed by atoms with Crippen molar-refractivity contribution < 1.29 is 4.42 Å². The second-order valence-corrected chi connectivity index (χ2v) is 17.4. The second-order valence-electron chi connectivity index (χ2n) is 17.4. The van der Waals surface area contributed by atoms with Crippen molar-refractivity contribution >= 4 is 49.8 Å². The van der Waals surface area contributed by atoms with Crippen LogP contribution < -0.4 is 4.90 Å². The molecule has 3 aliphatic rings. The molecule has 3 aliphatic carbocycles. The third-order valence-corrected chi connectivity index (χ3v) is 14.3. The Morgan fingerprint density at radius 1 is 0.426 bits per heavy atom. The number of para-hydroxylation sites is 2. The zero-order valence-electron chi connectivity index (χ0n) is 33.9. The highest BCUT2D eigenvalue weighted by atomic mass is 16.3. The molecule has 1 spiro atoms. The van der Waals surface area contributed by atoms with Crippen molar-refractivity contribution in [1.29, 1.82) is 0 Å². The Labute approximate surface area is 356 Å². The quantitative estimate of drug-likeness (QED) is 0.173. The topological polar surface area (TPSA) is 16.4 Å². The van der Waals surface area contributed by atoms with Gasteiger partial charge in [-0.05, 0) is 122 Å². The fraction of sp³-hybridized carbons (Fsp3) is 0.119. The lowest BCUT2D eigenvalue weighted by Gasteiger charge is -2.41. The van der Waals surface area contributed by atoms with Crippen molar-refractivity contribution in [3.8, 4) is 33.4 Å². The van der Waals surface area contributed by atoms with Gasteiger partial charge in [-0.15, -0.1) is 0 Å². The number of fused-ring (bicyclic) bond motifs is 12. The lowest BCUT2D eigenvalue weighted by atomic mass is 9.61.